The Hall–Kier alpha value is -10.4. The van der Waals surface area contributed by atoms with Crippen LogP contribution in [0.4, 0.5) is 26.3 Å². The van der Waals surface area contributed by atoms with Gasteiger partial charge in [0.1, 0.15) is 11.5 Å². The Labute approximate surface area is 604 Å². The van der Waals surface area contributed by atoms with Crippen molar-refractivity contribution >= 4 is 32.7 Å². The van der Waals surface area contributed by atoms with E-state index in [1.54, 1.807) is 39.6 Å². The van der Waals surface area contributed by atoms with E-state index in [-0.39, 0.29) is 28.9 Å². The van der Waals surface area contributed by atoms with Crippen molar-refractivity contribution < 1.29 is 35.8 Å². The van der Waals surface area contributed by atoms with Crippen LogP contribution in [0.2, 0.25) is 0 Å². The first-order valence-corrected chi connectivity index (χ1v) is 36.2. The van der Waals surface area contributed by atoms with Gasteiger partial charge in [0, 0.05) is 89.6 Å². The molecular weight excluding hydrogens is 1350 g/mol. The molecule has 0 radical (unpaired) electrons. The van der Waals surface area contributed by atoms with Crippen molar-refractivity contribution in [3.63, 3.8) is 0 Å². The number of hydrogen-bond acceptors (Lipinski definition) is 11. The van der Waals surface area contributed by atoms with Gasteiger partial charge in [-0.1, -0.05) is 37.6 Å². The quantitative estimate of drug-likeness (QED) is 0.0500. The first kappa shape index (κ1) is 73.0. The maximum absolute atomic E-state index is 13.6. The third-order valence-corrected chi connectivity index (χ3v) is 19.7. The van der Waals surface area contributed by atoms with E-state index in [2.05, 4.69) is 65.3 Å². The average Bonchev–Trinajstić information content (AvgIpc) is 1.78. The van der Waals surface area contributed by atoms with Gasteiger partial charge in [-0.15, -0.1) is 0 Å². The van der Waals surface area contributed by atoms with Crippen molar-refractivity contribution in [1.29, 1.82) is 0 Å². The van der Waals surface area contributed by atoms with Crippen LogP contribution in [0, 0.1) is 6.92 Å². The molecule has 0 spiro atoms. The van der Waals surface area contributed by atoms with E-state index in [0.29, 0.717) is 11.8 Å². The molecule has 3 aliphatic rings. The zero-order chi connectivity index (χ0) is 73.4. The molecule has 0 bridgehead atoms. The molecule has 0 saturated carbocycles. The van der Waals surface area contributed by atoms with E-state index >= 15 is 0 Å². The molecule has 17 nitrogen and oxygen atoms in total. The second-order valence-corrected chi connectivity index (χ2v) is 27.5. The molecule has 12 aromatic rings. The van der Waals surface area contributed by atoms with E-state index in [4.69, 9.17) is 9.47 Å². The second kappa shape index (κ2) is 32.3. The number of aromatic nitrogens is 9. The van der Waals surface area contributed by atoms with Crippen molar-refractivity contribution in [3.05, 3.63) is 237 Å². The van der Waals surface area contributed by atoms with Crippen LogP contribution in [0.5, 0.6) is 11.5 Å². The molecule has 15 rings (SSSR count). The summed E-state index contributed by atoms with van der Waals surface area (Å²) < 4.78 is 102. The van der Waals surface area contributed by atoms with Crippen LogP contribution in [0.3, 0.4) is 0 Å². The van der Waals surface area contributed by atoms with Gasteiger partial charge in [-0.05, 0) is 253 Å². The fourth-order valence-electron chi connectivity index (χ4n) is 14.1. The molecule has 6 aromatic carbocycles. The number of alkyl halides is 6. The first-order chi connectivity index (χ1) is 50.7. The highest BCUT2D eigenvalue weighted by Crippen LogP contribution is 2.41. The number of rotatable bonds is 21. The molecule has 3 fully saturated rings. The Balaban J connectivity index is 0.000000140. The molecule has 0 unspecified atom stereocenters. The lowest BCUT2D eigenvalue weighted by atomic mass is 9.97. The number of benzene rings is 6. The minimum Gasteiger partial charge on any atom is -0.494 e. The van der Waals surface area contributed by atoms with Crippen molar-refractivity contribution in [3.8, 4) is 61.9 Å². The number of halogens is 6. The van der Waals surface area contributed by atoms with Gasteiger partial charge >= 0.3 is 12.4 Å². The van der Waals surface area contributed by atoms with E-state index in [1.165, 1.54) is 81.5 Å². The number of likely N-dealkylation sites (tertiary alicyclic amines) is 3. The molecule has 3 saturated heterocycles. The summed E-state index contributed by atoms with van der Waals surface area (Å²) in [5.74, 6) is 1.71. The van der Waals surface area contributed by atoms with Gasteiger partial charge in [0.25, 0.3) is 16.7 Å². The molecule has 3 aliphatic heterocycles. The molecule has 23 heteroatoms. The number of unbranched alkanes of at least 4 members (excludes halogenated alkanes) is 1. The van der Waals surface area contributed by atoms with Gasteiger partial charge in [0.2, 0.25) is 0 Å². The summed E-state index contributed by atoms with van der Waals surface area (Å²) in [6.07, 6.45) is 10.4. The second-order valence-electron chi connectivity index (χ2n) is 27.5. The van der Waals surface area contributed by atoms with Gasteiger partial charge in [-0.2, -0.15) is 41.6 Å². The van der Waals surface area contributed by atoms with Crippen LogP contribution in [0.1, 0.15) is 88.8 Å². The summed E-state index contributed by atoms with van der Waals surface area (Å²) in [4.78, 5) is 46.2. The summed E-state index contributed by atoms with van der Waals surface area (Å²) in [7, 11) is 0. The lowest BCUT2D eigenvalue weighted by Gasteiger charge is -2.16. The van der Waals surface area contributed by atoms with Gasteiger partial charge < -0.3 is 24.2 Å². The number of aryl methyl sites for hydroxylation is 1. The zero-order valence-electron chi connectivity index (χ0n) is 59.5. The summed E-state index contributed by atoms with van der Waals surface area (Å²) in [6, 6.07) is 42.5. The highest BCUT2D eigenvalue weighted by molar-refractivity contribution is 5.83. The van der Waals surface area contributed by atoms with Crippen molar-refractivity contribution in [2.45, 2.75) is 117 Å². The maximum atomic E-state index is 13.6. The number of nitrogens with zero attached hydrogens (tertiary/aromatic N) is 12. The normalized spacial score (nSPS) is 14.5. The molecule has 0 aliphatic carbocycles. The standard InChI is InChI=1S/C29H34N4O2.C27H30N4O2.C26H22F6N4O/c1-3-4-17-35-26-8-9-27(22(2)18-26)23-11-14-32(29(34)20-23)25-7-10-28-24(19-25)21-30-33(28)16-15-31-12-5-6-13-31;1-20(2)33-25-8-5-21(6-9-25)22-11-14-30(27(32)18-22)24-7-10-26-23(17-24)19-28-31(26)16-15-29-12-3-4-13-29;27-25(28,29)19-3-5-21(22(15-19)26(30,31)32)17-7-10-35(24(37)14-17)20-4-6-23-18(13-20)16-33-36(23)12-11-34-8-1-2-9-34/h7-11,14,18-21H,3-6,12-13,15-17H2,1-2H3;5-11,14,17-20H,3-4,12-13,15-16H2,1-2H3;3-7,10,13-16H,1-2,8-9,11-12H2. The van der Waals surface area contributed by atoms with E-state index in [9.17, 15) is 40.7 Å². The Bertz CT molecular complexity index is 5190. The fourth-order valence-corrected chi connectivity index (χ4v) is 14.1. The van der Waals surface area contributed by atoms with Crippen LogP contribution >= 0.6 is 0 Å². The summed E-state index contributed by atoms with van der Waals surface area (Å²) in [5.41, 5.74) is 6.01. The predicted octanol–water partition coefficient (Wildman–Crippen LogP) is 16.2. The van der Waals surface area contributed by atoms with Crippen molar-refractivity contribution in [2.75, 3.05) is 65.5 Å². The van der Waals surface area contributed by atoms with Crippen LogP contribution in [0.25, 0.3) is 83.2 Å². The fraction of sp³-hybridized carbons (Fsp3) is 0.341. The minimum absolute atomic E-state index is 0.0500. The summed E-state index contributed by atoms with van der Waals surface area (Å²) in [5, 5.41) is 16.5. The van der Waals surface area contributed by atoms with Gasteiger partial charge in [-0.3, -0.25) is 42.1 Å². The Kier molecular flexibility index (Phi) is 22.5. The first-order valence-electron chi connectivity index (χ1n) is 36.2. The molecule has 9 heterocycles. The van der Waals surface area contributed by atoms with Gasteiger partial charge in [0.15, 0.2) is 0 Å². The van der Waals surface area contributed by atoms with E-state index < -0.39 is 34.6 Å². The average molecular weight is 1430 g/mol. The van der Waals surface area contributed by atoms with E-state index in [0.717, 1.165) is 167 Å². The van der Waals surface area contributed by atoms with Crippen LogP contribution < -0.4 is 26.2 Å². The lowest BCUT2D eigenvalue weighted by molar-refractivity contribution is -0.142. The smallest absolute Gasteiger partial charge is 0.417 e. The zero-order valence-corrected chi connectivity index (χ0v) is 59.5. The van der Waals surface area contributed by atoms with Crippen molar-refractivity contribution in [1.82, 2.24) is 57.7 Å². The lowest BCUT2D eigenvalue weighted by Crippen LogP contribution is -2.24. The number of ether oxygens (including phenoxy) is 2. The molecule has 105 heavy (non-hydrogen) atoms. The highest BCUT2D eigenvalue weighted by Gasteiger charge is 2.38. The van der Waals surface area contributed by atoms with Crippen LogP contribution in [-0.4, -0.2) is 129 Å². The van der Waals surface area contributed by atoms with Crippen molar-refractivity contribution in [2.24, 2.45) is 0 Å². The molecule has 0 atom stereocenters. The highest BCUT2D eigenvalue weighted by atomic mass is 19.4. The van der Waals surface area contributed by atoms with Crippen LogP contribution in [0.15, 0.2) is 203 Å². The predicted molar refractivity (Wildman–Crippen MR) is 400 cm³/mol. The maximum Gasteiger partial charge on any atom is 0.417 e. The topological polar surface area (TPSA) is 148 Å². The summed E-state index contributed by atoms with van der Waals surface area (Å²) in [6.45, 7) is 21.3. The third kappa shape index (κ3) is 17.6. The third-order valence-electron chi connectivity index (χ3n) is 19.7. The molecular formula is C82H86F6N12O5. The number of hydrogen-bond donors (Lipinski definition) is 0. The molecule has 546 valence electrons. The monoisotopic (exact) mass is 1430 g/mol. The minimum atomic E-state index is -5.04. The largest absolute Gasteiger partial charge is 0.494 e. The van der Waals surface area contributed by atoms with E-state index in [1.807, 2.05) is 128 Å². The molecule has 0 N–H and O–H groups in total. The van der Waals surface area contributed by atoms with Gasteiger partial charge in [0.05, 0.1) is 78.6 Å². The van der Waals surface area contributed by atoms with Gasteiger partial charge in [-0.25, -0.2) is 0 Å². The SMILES string of the molecule is CC(C)Oc1ccc(-c2ccn(-c3ccc4c(cnn4CCN4CCCC4)c3)c(=O)c2)cc1.CCCCOc1ccc(-c2ccn(-c3ccc4c(cnn4CCN4CCCC4)c3)c(=O)c2)c(C)c1.O=c1cc(-c2ccc(C(F)(F)F)cc2C(F)(F)F)ccn1-c1ccc2c(cnn2CCN2CCCC2)c1. The molecule has 6 aromatic heterocycles. The van der Waals surface area contributed by atoms with Crippen LogP contribution in [-0.2, 0) is 32.0 Å². The molecule has 0 amide bonds. The Morgan fingerprint density at radius 1 is 0.429 bits per heavy atom. The number of fused-ring (bicyclic) bond motifs is 3. The number of pyridine rings is 3. The Morgan fingerprint density at radius 3 is 1.24 bits per heavy atom. The summed E-state index contributed by atoms with van der Waals surface area (Å²) >= 11 is 0. The Morgan fingerprint density at radius 2 is 0.838 bits per heavy atom.